The lowest BCUT2D eigenvalue weighted by Crippen LogP contribution is -2.21. The first-order chi connectivity index (χ1) is 9.16. The van der Waals surface area contributed by atoms with Gasteiger partial charge in [0.05, 0.1) is 0 Å². The fourth-order valence-corrected chi connectivity index (χ4v) is 2.26. The Labute approximate surface area is 112 Å². The van der Waals surface area contributed by atoms with Crippen LogP contribution in [0.15, 0.2) is 54.7 Å². The molecule has 19 heavy (non-hydrogen) atoms. The van der Waals surface area contributed by atoms with E-state index in [0.29, 0.717) is 11.6 Å². The second-order valence-corrected chi connectivity index (χ2v) is 5.64. The molecule has 0 saturated heterocycles. The largest absolute Gasteiger partial charge is 0.492 e. The average Bonchev–Trinajstić information content (AvgIpc) is 2.40. The number of anilines is 1. The van der Waals surface area contributed by atoms with Gasteiger partial charge in [0.25, 0.3) is 0 Å². The summed E-state index contributed by atoms with van der Waals surface area (Å²) >= 11 is 0. The Morgan fingerprint density at radius 1 is 1.05 bits per heavy atom. The second kappa shape index (κ2) is 6.19. The molecule has 0 bridgehead atoms. The van der Waals surface area contributed by atoms with Crippen molar-refractivity contribution in [3.05, 3.63) is 54.7 Å². The van der Waals surface area contributed by atoms with Gasteiger partial charge in [-0.25, -0.2) is 13.4 Å². The fraction of sp³-hybridized carbons (Fsp3) is 0.154. The number of pyridine rings is 1. The van der Waals surface area contributed by atoms with Gasteiger partial charge in [-0.2, -0.15) is 0 Å². The van der Waals surface area contributed by atoms with Crippen LogP contribution in [0.3, 0.4) is 0 Å². The molecule has 1 N–H and O–H groups in total. The third-order valence-electron chi connectivity index (χ3n) is 2.29. The highest BCUT2D eigenvalue weighted by Gasteiger charge is 2.11. The first-order valence-electron chi connectivity index (χ1n) is 5.75. The van der Waals surface area contributed by atoms with Gasteiger partial charge in [0, 0.05) is 6.20 Å². The SMILES string of the molecule is O=S(=O)(CCOc1ccccc1)Nc1ccccn1. The zero-order valence-corrected chi connectivity index (χ0v) is 11.0. The lowest BCUT2D eigenvalue weighted by molar-refractivity contribution is 0.341. The second-order valence-electron chi connectivity index (χ2n) is 3.80. The molecular weight excluding hydrogens is 264 g/mol. The first-order valence-corrected chi connectivity index (χ1v) is 7.40. The molecule has 0 saturated carbocycles. The summed E-state index contributed by atoms with van der Waals surface area (Å²) in [7, 11) is -3.44. The molecule has 2 aromatic rings. The number of aromatic nitrogens is 1. The molecule has 6 heteroatoms. The van der Waals surface area contributed by atoms with E-state index in [1.807, 2.05) is 18.2 Å². The maximum Gasteiger partial charge on any atom is 0.237 e. The topological polar surface area (TPSA) is 68.3 Å². The molecule has 1 aromatic carbocycles. The van der Waals surface area contributed by atoms with Crippen molar-refractivity contribution in [2.24, 2.45) is 0 Å². The van der Waals surface area contributed by atoms with Gasteiger partial charge in [-0.1, -0.05) is 24.3 Å². The number of rotatable bonds is 6. The van der Waals surface area contributed by atoms with Gasteiger partial charge in [-0.3, -0.25) is 4.72 Å². The molecule has 0 aliphatic heterocycles. The summed E-state index contributed by atoms with van der Waals surface area (Å²) in [5, 5.41) is 0. The summed E-state index contributed by atoms with van der Waals surface area (Å²) in [5.41, 5.74) is 0. The van der Waals surface area contributed by atoms with Crippen LogP contribution >= 0.6 is 0 Å². The highest BCUT2D eigenvalue weighted by atomic mass is 32.2. The number of benzene rings is 1. The van der Waals surface area contributed by atoms with Crippen molar-refractivity contribution in [1.82, 2.24) is 4.98 Å². The van der Waals surface area contributed by atoms with Gasteiger partial charge in [-0.15, -0.1) is 0 Å². The van der Waals surface area contributed by atoms with Crippen LogP contribution in [0.25, 0.3) is 0 Å². The minimum absolute atomic E-state index is 0.0895. The Hall–Kier alpha value is -2.08. The predicted octanol–water partition coefficient (Wildman–Crippen LogP) is 1.90. The van der Waals surface area contributed by atoms with Crippen molar-refractivity contribution < 1.29 is 13.2 Å². The number of nitrogens with zero attached hydrogens (tertiary/aromatic N) is 1. The molecule has 0 amide bonds. The number of hydrogen-bond donors (Lipinski definition) is 1. The van der Waals surface area contributed by atoms with Crippen LogP contribution in [0, 0.1) is 0 Å². The summed E-state index contributed by atoms with van der Waals surface area (Å²) in [5.74, 6) is 0.830. The Kier molecular flexibility index (Phi) is 4.35. The van der Waals surface area contributed by atoms with Crippen LogP contribution in [-0.2, 0) is 10.0 Å². The molecule has 0 atom stereocenters. The standard InChI is InChI=1S/C13H14N2O3S/c16-19(17,15-13-8-4-5-9-14-13)11-10-18-12-6-2-1-3-7-12/h1-9H,10-11H2,(H,14,15). The fourth-order valence-electron chi connectivity index (χ4n) is 1.42. The smallest absolute Gasteiger partial charge is 0.237 e. The number of sulfonamides is 1. The molecule has 0 aliphatic rings. The number of para-hydroxylation sites is 1. The predicted molar refractivity (Wildman–Crippen MR) is 73.6 cm³/mol. The average molecular weight is 278 g/mol. The highest BCUT2D eigenvalue weighted by Crippen LogP contribution is 2.09. The Morgan fingerprint density at radius 2 is 1.79 bits per heavy atom. The van der Waals surface area contributed by atoms with Gasteiger partial charge >= 0.3 is 0 Å². The summed E-state index contributed by atoms with van der Waals surface area (Å²) in [4.78, 5) is 3.90. The molecule has 100 valence electrons. The third kappa shape index (κ3) is 4.59. The molecule has 0 radical (unpaired) electrons. The van der Waals surface area contributed by atoms with Gasteiger partial charge in [0.2, 0.25) is 10.0 Å². The van der Waals surface area contributed by atoms with Crippen molar-refractivity contribution >= 4 is 15.8 Å². The van der Waals surface area contributed by atoms with E-state index in [2.05, 4.69) is 9.71 Å². The molecule has 5 nitrogen and oxygen atoms in total. The third-order valence-corrected chi connectivity index (χ3v) is 3.51. The first kappa shape index (κ1) is 13.4. The van der Waals surface area contributed by atoms with E-state index < -0.39 is 10.0 Å². The normalized spacial score (nSPS) is 10.9. The van der Waals surface area contributed by atoms with E-state index in [1.54, 1.807) is 30.3 Å². The van der Waals surface area contributed by atoms with E-state index in [4.69, 9.17) is 4.74 Å². The molecule has 1 heterocycles. The van der Waals surface area contributed by atoms with E-state index >= 15 is 0 Å². The van der Waals surface area contributed by atoms with Crippen LogP contribution in [0.4, 0.5) is 5.82 Å². The van der Waals surface area contributed by atoms with Crippen molar-refractivity contribution in [2.75, 3.05) is 17.1 Å². The molecule has 2 rings (SSSR count). The van der Waals surface area contributed by atoms with Crippen LogP contribution in [0.2, 0.25) is 0 Å². The summed E-state index contributed by atoms with van der Waals surface area (Å²) in [6.07, 6.45) is 1.53. The van der Waals surface area contributed by atoms with Gasteiger partial charge in [0.15, 0.2) is 0 Å². The maximum atomic E-state index is 11.8. The molecule has 0 unspecified atom stereocenters. The molecule has 0 fully saturated rings. The minimum Gasteiger partial charge on any atom is -0.492 e. The van der Waals surface area contributed by atoms with Crippen molar-refractivity contribution in [3.63, 3.8) is 0 Å². The minimum atomic E-state index is -3.44. The van der Waals surface area contributed by atoms with E-state index in [9.17, 15) is 8.42 Å². The number of hydrogen-bond acceptors (Lipinski definition) is 4. The molecule has 0 spiro atoms. The van der Waals surface area contributed by atoms with Crippen LogP contribution in [-0.4, -0.2) is 25.8 Å². The summed E-state index contributed by atoms with van der Waals surface area (Å²) in [6, 6.07) is 14.1. The van der Waals surface area contributed by atoms with Gasteiger partial charge < -0.3 is 4.74 Å². The lowest BCUT2D eigenvalue weighted by Gasteiger charge is -2.08. The number of nitrogens with one attached hydrogen (secondary N) is 1. The molecule has 1 aromatic heterocycles. The molecular formula is C13H14N2O3S. The Bertz CT molecular complexity index is 600. The van der Waals surface area contributed by atoms with Crippen LogP contribution in [0.1, 0.15) is 0 Å². The zero-order valence-electron chi connectivity index (χ0n) is 10.2. The van der Waals surface area contributed by atoms with E-state index in [0.717, 1.165) is 0 Å². The van der Waals surface area contributed by atoms with E-state index in [1.165, 1.54) is 6.20 Å². The lowest BCUT2D eigenvalue weighted by atomic mass is 10.3. The van der Waals surface area contributed by atoms with Crippen molar-refractivity contribution in [2.45, 2.75) is 0 Å². The quantitative estimate of drug-likeness (QED) is 0.876. The van der Waals surface area contributed by atoms with Crippen molar-refractivity contribution in [1.29, 1.82) is 0 Å². The number of ether oxygens (including phenoxy) is 1. The zero-order chi connectivity index (χ0) is 13.6. The van der Waals surface area contributed by atoms with Gasteiger partial charge in [0.1, 0.15) is 23.9 Å². The maximum absolute atomic E-state index is 11.8. The van der Waals surface area contributed by atoms with Crippen molar-refractivity contribution in [3.8, 4) is 5.75 Å². The van der Waals surface area contributed by atoms with Crippen LogP contribution in [0.5, 0.6) is 5.75 Å². The van der Waals surface area contributed by atoms with Gasteiger partial charge in [-0.05, 0) is 24.3 Å². The summed E-state index contributed by atoms with van der Waals surface area (Å²) in [6.45, 7) is 0.0895. The summed E-state index contributed by atoms with van der Waals surface area (Å²) < 4.78 is 31.2. The highest BCUT2D eigenvalue weighted by molar-refractivity contribution is 7.92. The Balaban J connectivity index is 1.85. The molecule has 0 aliphatic carbocycles. The van der Waals surface area contributed by atoms with E-state index in [-0.39, 0.29) is 12.4 Å². The van der Waals surface area contributed by atoms with Crippen LogP contribution < -0.4 is 9.46 Å². The Morgan fingerprint density at radius 3 is 2.47 bits per heavy atom. The monoisotopic (exact) mass is 278 g/mol.